The molecule has 302 valence electrons. The summed E-state index contributed by atoms with van der Waals surface area (Å²) in [7, 11) is 0. The summed E-state index contributed by atoms with van der Waals surface area (Å²) in [5, 5.41) is 16.5. The number of nitrogens with zero attached hydrogens (tertiary/aromatic N) is 5. The number of carboxylic acid groups (broad SMARTS) is 1. The van der Waals surface area contributed by atoms with Crippen LogP contribution < -0.4 is 4.90 Å². The molecule has 9 nitrogen and oxygen atoms in total. The normalized spacial score (nSPS) is 15.6. The van der Waals surface area contributed by atoms with Crippen molar-refractivity contribution in [1.82, 2.24) is 9.80 Å². The van der Waals surface area contributed by atoms with Crippen molar-refractivity contribution in [1.29, 1.82) is 0 Å². The third-order valence-corrected chi connectivity index (χ3v) is 10.7. The van der Waals surface area contributed by atoms with Crippen molar-refractivity contribution < 1.29 is 37.1 Å². The predicted octanol–water partition coefficient (Wildman–Crippen LogP) is 10.4. The maximum absolute atomic E-state index is 14.1. The first-order chi connectivity index (χ1) is 27.3. The first kappa shape index (κ1) is 43.3. The number of carboxylic acids is 1. The minimum atomic E-state index is -5.08. The molecule has 0 atom stereocenters. The molecule has 2 saturated heterocycles. The average molecular weight is 829 g/mol. The van der Waals surface area contributed by atoms with Gasteiger partial charge in [0, 0.05) is 36.8 Å². The van der Waals surface area contributed by atoms with E-state index in [1.807, 2.05) is 58.3 Å². The summed E-state index contributed by atoms with van der Waals surface area (Å²) in [5.74, 6) is -2.55. The lowest BCUT2D eigenvalue weighted by Gasteiger charge is -2.35. The second-order valence-electron chi connectivity index (χ2n) is 14.0. The van der Waals surface area contributed by atoms with Gasteiger partial charge in [-0.2, -0.15) is 23.4 Å². The molecule has 2 aliphatic heterocycles. The average Bonchev–Trinajstić information content (AvgIpc) is 3.21. The number of carbonyl (C=O) groups is 3. The standard InChI is InChI=1S/C40H42Cl2FN5O2.C2HF3O2/c41-37-16-15-36(28-38(37)42)48(22-4-21-46-23-17-30(18-24-46)27-29-7-11-33(43)12-8-29)40(50)32-19-25-47(26-20-32)39(49)31-9-13-35(14-10-31)45-44-34-5-2-1-3-6-34;3-2(4,5)1(6)7/h1-3,5-16,28,30,32H,4,17-27H2;(H,6,7)/b45-44+;. The van der Waals surface area contributed by atoms with Crippen LogP contribution in [-0.2, 0) is 16.0 Å². The van der Waals surface area contributed by atoms with Crippen molar-refractivity contribution in [2.45, 2.75) is 44.7 Å². The topological polar surface area (TPSA) is 106 Å². The zero-order chi connectivity index (χ0) is 41.0. The fraction of sp³-hybridized carbons (Fsp3) is 0.357. The van der Waals surface area contributed by atoms with Crippen LogP contribution in [0.2, 0.25) is 10.0 Å². The van der Waals surface area contributed by atoms with Gasteiger partial charge in [0.25, 0.3) is 5.91 Å². The van der Waals surface area contributed by atoms with Crippen molar-refractivity contribution >= 4 is 58.0 Å². The molecule has 4 aromatic rings. The van der Waals surface area contributed by atoms with Gasteiger partial charge in [-0.15, -0.1) is 0 Å². The Hall–Kier alpha value is -4.85. The second kappa shape index (κ2) is 20.5. The molecule has 0 saturated carbocycles. The highest BCUT2D eigenvalue weighted by atomic mass is 35.5. The Balaban J connectivity index is 0.000000811. The summed E-state index contributed by atoms with van der Waals surface area (Å²) in [6.07, 6.45) is 0.112. The Morgan fingerprint density at radius 2 is 1.37 bits per heavy atom. The van der Waals surface area contributed by atoms with Crippen molar-refractivity contribution in [2.24, 2.45) is 22.1 Å². The first-order valence-corrected chi connectivity index (χ1v) is 19.4. The molecule has 2 aliphatic rings. The fourth-order valence-electron chi connectivity index (χ4n) is 6.85. The predicted molar refractivity (Wildman–Crippen MR) is 212 cm³/mol. The van der Waals surface area contributed by atoms with Crippen LogP contribution in [0.15, 0.2) is 107 Å². The highest BCUT2D eigenvalue weighted by Gasteiger charge is 2.38. The summed E-state index contributed by atoms with van der Waals surface area (Å²) in [4.78, 5) is 42.4. The lowest BCUT2D eigenvalue weighted by Crippen LogP contribution is -2.45. The largest absolute Gasteiger partial charge is 0.490 e. The number of halogens is 6. The van der Waals surface area contributed by atoms with Gasteiger partial charge in [0.15, 0.2) is 0 Å². The third kappa shape index (κ3) is 13.1. The molecular weight excluding hydrogens is 785 g/mol. The lowest BCUT2D eigenvalue weighted by atomic mass is 9.90. The number of azo groups is 1. The van der Waals surface area contributed by atoms with Crippen LogP contribution >= 0.6 is 23.2 Å². The summed E-state index contributed by atoms with van der Waals surface area (Å²) in [6, 6.07) is 28.8. The van der Waals surface area contributed by atoms with Crippen LogP contribution in [0.25, 0.3) is 0 Å². The molecule has 2 fully saturated rings. The van der Waals surface area contributed by atoms with E-state index in [0.717, 1.165) is 56.7 Å². The van der Waals surface area contributed by atoms with Gasteiger partial charge < -0.3 is 19.8 Å². The molecular formula is C42H43Cl2F4N5O4. The first-order valence-electron chi connectivity index (χ1n) is 18.7. The van der Waals surface area contributed by atoms with Gasteiger partial charge in [-0.1, -0.05) is 53.5 Å². The maximum Gasteiger partial charge on any atom is 0.490 e. The van der Waals surface area contributed by atoms with E-state index in [0.29, 0.717) is 59.7 Å². The fourth-order valence-corrected chi connectivity index (χ4v) is 7.15. The second-order valence-corrected chi connectivity index (χ2v) is 14.8. The summed E-state index contributed by atoms with van der Waals surface area (Å²) in [5.41, 5.74) is 3.95. The SMILES string of the molecule is O=C(O)C(F)(F)F.O=C(c1ccc(/N=N/c2ccccc2)cc1)N1CCC(C(=O)N(CCCN2CCC(Cc3ccc(F)cc3)CC2)c2ccc(Cl)c(Cl)c2)CC1. The van der Waals surface area contributed by atoms with Crippen molar-refractivity contribution in [3.8, 4) is 0 Å². The van der Waals surface area contributed by atoms with Gasteiger partial charge in [-0.05, 0) is 136 Å². The van der Waals surface area contributed by atoms with E-state index in [2.05, 4.69) is 15.1 Å². The van der Waals surface area contributed by atoms with Crippen LogP contribution in [0.4, 0.5) is 34.6 Å². The van der Waals surface area contributed by atoms with Crippen molar-refractivity contribution in [3.63, 3.8) is 0 Å². The quantitative estimate of drug-likeness (QED) is 0.120. The summed E-state index contributed by atoms with van der Waals surface area (Å²) in [6.45, 7) is 4.51. The number of anilines is 1. The van der Waals surface area contributed by atoms with Gasteiger partial charge in [0.2, 0.25) is 5.91 Å². The molecule has 57 heavy (non-hydrogen) atoms. The molecule has 2 heterocycles. The molecule has 0 radical (unpaired) electrons. The Morgan fingerprint density at radius 1 is 0.772 bits per heavy atom. The zero-order valence-corrected chi connectivity index (χ0v) is 32.6. The number of carbonyl (C=O) groups excluding carboxylic acids is 2. The number of piperidine rings is 2. The van der Waals surface area contributed by atoms with Crippen molar-refractivity contribution in [2.75, 3.05) is 44.2 Å². The molecule has 2 amide bonds. The molecule has 15 heteroatoms. The third-order valence-electron chi connectivity index (χ3n) is 10.0. The minimum absolute atomic E-state index is 0.0507. The monoisotopic (exact) mass is 827 g/mol. The summed E-state index contributed by atoms with van der Waals surface area (Å²) < 4.78 is 45.0. The van der Waals surface area contributed by atoms with E-state index < -0.39 is 12.1 Å². The van der Waals surface area contributed by atoms with E-state index in [9.17, 15) is 27.2 Å². The maximum atomic E-state index is 14.1. The highest BCUT2D eigenvalue weighted by molar-refractivity contribution is 6.42. The number of likely N-dealkylation sites (tertiary alicyclic amines) is 2. The smallest absolute Gasteiger partial charge is 0.475 e. The number of aliphatic carboxylic acids is 1. The Kier molecular flexibility index (Phi) is 15.6. The Labute approximate surface area is 338 Å². The molecule has 6 rings (SSSR count). The lowest BCUT2D eigenvalue weighted by molar-refractivity contribution is -0.192. The van der Waals surface area contributed by atoms with Crippen LogP contribution in [-0.4, -0.2) is 78.1 Å². The minimum Gasteiger partial charge on any atom is -0.475 e. The van der Waals surface area contributed by atoms with Crippen LogP contribution in [0.5, 0.6) is 0 Å². The molecule has 0 spiro atoms. The zero-order valence-electron chi connectivity index (χ0n) is 31.1. The number of amides is 2. The molecule has 0 unspecified atom stereocenters. The Morgan fingerprint density at radius 3 is 1.95 bits per heavy atom. The van der Waals surface area contributed by atoms with Gasteiger partial charge in [-0.3, -0.25) is 9.59 Å². The molecule has 1 N–H and O–H groups in total. The van der Waals surface area contributed by atoms with E-state index >= 15 is 0 Å². The van der Waals surface area contributed by atoms with Crippen LogP contribution in [0.1, 0.15) is 48.0 Å². The van der Waals surface area contributed by atoms with Gasteiger partial charge >= 0.3 is 12.1 Å². The van der Waals surface area contributed by atoms with Gasteiger partial charge in [0.1, 0.15) is 5.82 Å². The number of rotatable bonds is 11. The highest BCUT2D eigenvalue weighted by Crippen LogP contribution is 2.31. The number of hydrogen-bond donors (Lipinski definition) is 1. The summed E-state index contributed by atoms with van der Waals surface area (Å²) >= 11 is 12.6. The number of hydrogen-bond acceptors (Lipinski definition) is 6. The van der Waals surface area contributed by atoms with E-state index in [1.54, 1.807) is 36.4 Å². The van der Waals surface area contributed by atoms with E-state index in [-0.39, 0.29) is 23.5 Å². The van der Waals surface area contributed by atoms with Crippen LogP contribution in [0.3, 0.4) is 0 Å². The van der Waals surface area contributed by atoms with Gasteiger partial charge in [-0.25, -0.2) is 9.18 Å². The van der Waals surface area contributed by atoms with E-state index in [1.165, 1.54) is 17.7 Å². The Bertz CT molecular complexity index is 1970. The molecule has 0 aliphatic carbocycles. The molecule has 4 aromatic carbocycles. The number of benzene rings is 4. The number of alkyl halides is 3. The molecule has 0 aromatic heterocycles. The van der Waals surface area contributed by atoms with Crippen molar-refractivity contribution in [3.05, 3.63) is 124 Å². The van der Waals surface area contributed by atoms with Crippen LogP contribution in [0, 0.1) is 17.7 Å². The van der Waals surface area contributed by atoms with E-state index in [4.69, 9.17) is 33.1 Å². The van der Waals surface area contributed by atoms with Gasteiger partial charge in [0.05, 0.1) is 21.4 Å². The molecule has 0 bridgehead atoms.